The molecule has 0 saturated carbocycles. The molecule has 0 N–H and O–H groups in total. The lowest BCUT2D eigenvalue weighted by molar-refractivity contribution is 0.0786. The zero-order chi connectivity index (χ0) is 17.4. The van der Waals surface area contributed by atoms with Gasteiger partial charge in [0.2, 0.25) is 0 Å². The van der Waals surface area contributed by atoms with Crippen LogP contribution in [0.3, 0.4) is 0 Å². The van der Waals surface area contributed by atoms with Crippen LogP contribution in [0, 0.1) is 5.92 Å². The number of benzene rings is 2. The summed E-state index contributed by atoms with van der Waals surface area (Å²) in [6.07, 6.45) is 14.8. The predicted molar refractivity (Wildman–Crippen MR) is 105 cm³/mol. The Morgan fingerprint density at radius 2 is 1.50 bits per heavy atom. The minimum absolute atomic E-state index is 0.174. The van der Waals surface area contributed by atoms with Crippen LogP contribution in [-0.4, -0.2) is 12.3 Å². The van der Waals surface area contributed by atoms with Crippen LogP contribution >= 0.6 is 0 Å². The first kappa shape index (κ1) is 15.2. The van der Waals surface area contributed by atoms with Crippen LogP contribution in [-0.2, 0) is 10.3 Å². The second kappa shape index (κ2) is 5.99. The maximum atomic E-state index is 6.72. The molecule has 0 spiro atoms. The maximum Gasteiger partial charge on any atom is 0.178 e. The smallest absolute Gasteiger partial charge is 0.178 e. The highest BCUT2D eigenvalue weighted by Crippen LogP contribution is 2.44. The van der Waals surface area contributed by atoms with Gasteiger partial charge in [-0.2, -0.15) is 0 Å². The summed E-state index contributed by atoms with van der Waals surface area (Å²) in [7, 11) is 0. The van der Waals surface area contributed by atoms with Crippen LogP contribution < -0.4 is 0 Å². The molecule has 2 unspecified atom stereocenters. The van der Waals surface area contributed by atoms with Crippen LogP contribution in [0.25, 0.3) is 0 Å². The summed E-state index contributed by atoms with van der Waals surface area (Å²) < 4.78 is 6.72. The predicted octanol–water partition coefficient (Wildman–Crippen LogP) is 4.97. The van der Waals surface area contributed by atoms with Gasteiger partial charge in [0, 0.05) is 28.8 Å². The number of ether oxygens (including phenoxy) is 1. The van der Waals surface area contributed by atoms with E-state index in [1.807, 2.05) is 24.4 Å². The molecule has 3 aliphatic rings. The summed E-state index contributed by atoms with van der Waals surface area (Å²) >= 11 is 0. The molecular weight excluding hydrogens is 318 g/mol. The number of nitrogens with zero attached hydrogens (tertiary/aromatic N) is 1. The average molecular weight is 337 g/mol. The lowest BCUT2D eigenvalue weighted by Crippen LogP contribution is -2.34. The fraction of sp³-hybridized carbons (Fsp3) is 0.125. The molecule has 26 heavy (non-hydrogen) atoms. The number of hydrogen-bond donors (Lipinski definition) is 0. The van der Waals surface area contributed by atoms with Crippen molar-refractivity contribution in [1.82, 2.24) is 0 Å². The molecular formula is C24H19NO. The normalized spacial score (nSPS) is 24.8. The van der Waals surface area contributed by atoms with E-state index >= 15 is 0 Å². The largest absolute Gasteiger partial charge is 0.473 e. The minimum atomic E-state index is -0.611. The summed E-state index contributed by atoms with van der Waals surface area (Å²) in [5.74, 6) is 1.18. The molecule has 0 bridgehead atoms. The molecule has 2 nitrogen and oxygen atoms in total. The van der Waals surface area contributed by atoms with Crippen LogP contribution in [0.2, 0.25) is 0 Å². The standard InChI is InChI=1S/C24H19NO/c1-3-8-18(9-4-1)24(19-10-5-2-6-11-19)16-15-21-20-12-7-17-25-22(20)13-14-23(21)26-24/h1-17,20,22H. The Morgan fingerprint density at radius 3 is 2.19 bits per heavy atom. The van der Waals surface area contributed by atoms with Gasteiger partial charge in [0.05, 0.1) is 6.04 Å². The Morgan fingerprint density at radius 1 is 0.808 bits per heavy atom. The highest BCUT2D eigenvalue weighted by atomic mass is 16.5. The SMILES string of the molecule is C1=CC2C3=C(C=CC2N=C1)OC(c1ccccc1)(c1ccccc1)C=C3. The summed E-state index contributed by atoms with van der Waals surface area (Å²) in [5, 5.41) is 0. The summed E-state index contributed by atoms with van der Waals surface area (Å²) in [6, 6.07) is 21.0. The van der Waals surface area contributed by atoms with Crippen molar-refractivity contribution in [3.63, 3.8) is 0 Å². The Kier molecular flexibility index (Phi) is 3.49. The Balaban J connectivity index is 1.63. The molecule has 1 aliphatic carbocycles. The molecule has 2 aromatic rings. The number of hydrogen-bond acceptors (Lipinski definition) is 2. The van der Waals surface area contributed by atoms with Crippen molar-refractivity contribution in [2.75, 3.05) is 0 Å². The number of allylic oxidation sites excluding steroid dienone is 3. The van der Waals surface area contributed by atoms with Gasteiger partial charge >= 0.3 is 0 Å². The fourth-order valence-corrected chi connectivity index (χ4v) is 3.98. The number of dihydropyridines is 1. The molecule has 2 aliphatic heterocycles. The van der Waals surface area contributed by atoms with E-state index in [1.165, 1.54) is 5.57 Å². The Labute approximate surface area is 153 Å². The van der Waals surface area contributed by atoms with Gasteiger partial charge in [0.15, 0.2) is 5.60 Å². The maximum absolute atomic E-state index is 6.72. The highest BCUT2D eigenvalue weighted by molar-refractivity contribution is 5.73. The molecule has 0 saturated heterocycles. The van der Waals surface area contributed by atoms with Crippen LogP contribution in [0.1, 0.15) is 11.1 Å². The lowest BCUT2D eigenvalue weighted by Gasteiger charge is -2.39. The van der Waals surface area contributed by atoms with Gasteiger partial charge in [-0.15, -0.1) is 0 Å². The Bertz CT molecular complexity index is 924. The summed E-state index contributed by atoms with van der Waals surface area (Å²) in [4.78, 5) is 4.57. The number of rotatable bonds is 2. The van der Waals surface area contributed by atoms with Crippen LogP contribution in [0.15, 0.2) is 113 Å². The first-order chi connectivity index (χ1) is 12.9. The molecule has 2 heterocycles. The molecule has 2 aromatic carbocycles. The third-order valence-corrected chi connectivity index (χ3v) is 5.29. The second-order valence-corrected chi connectivity index (χ2v) is 6.78. The van der Waals surface area contributed by atoms with E-state index in [1.54, 1.807) is 0 Å². The third-order valence-electron chi connectivity index (χ3n) is 5.29. The van der Waals surface area contributed by atoms with Crippen molar-refractivity contribution in [1.29, 1.82) is 0 Å². The van der Waals surface area contributed by atoms with Crippen molar-refractivity contribution in [2.45, 2.75) is 11.6 Å². The molecule has 0 radical (unpaired) electrons. The van der Waals surface area contributed by atoms with E-state index in [9.17, 15) is 0 Å². The zero-order valence-corrected chi connectivity index (χ0v) is 14.3. The number of aliphatic imine (C=N–C) groups is 1. The van der Waals surface area contributed by atoms with Gasteiger partial charge in [-0.25, -0.2) is 0 Å². The van der Waals surface area contributed by atoms with Crippen molar-refractivity contribution in [3.8, 4) is 0 Å². The van der Waals surface area contributed by atoms with E-state index in [0.717, 1.165) is 16.9 Å². The van der Waals surface area contributed by atoms with E-state index in [0.29, 0.717) is 0 Å². The van der Waals surface area contributed by atoms with Crippen molar-refractivity contribution >= 4 is 6.21 Å². The van der Waals surface area contributed by atoms with E-state index < -0.39 is 5.60 Å². The van der Waals surface area contributed by atoms with Crippen LogP contribution in [0.4, 0.5) is 0 Å². The third kappa shape index (κ3) is 2.30. The molecule has 0 amide bonds. The monoisotopic (exact) mass is 337 g/mol. The first-order valence-corrected chi connectivity index (χ1v) is 8.98. The number of fused-ring (bicyclic) bond motifs is 2. The fourth-order valence-electron chi connectivity index (χ4n) is 3.98. The first-order valence-electron chi connectivity index (χ1n) is 8.98. The molecule has 2 heteroatoms. The van der Waals surface area contributed by atoms with E-state index in [2.05, 4.69) is 83.9 Å². The molecule has 0 aromatic heterocycles. The Hall–Kier alpha value is -3.13. The van der Waals surface area contributed by atoms with E-state index in [4.69, 9.17) is 4.74 Å². The molecule has 0 fully saturated rings. The van der Waals surface area contributed by atoms with Crippen molar-refractivity contribution in [2.24, 2.45) is 10.9 Å². The zero-order valence-electron chi connectivity index (χ0n) is 14.3. The highest BCUT2D eigenvalue weighted by Gasteiger charge is 2.39. The average Bonchev–Trinajstić information content (AvgIpc) is 2.74. The quantitative estimate of drug-likeness (QED) is 0.758. The van der Waals surface area contributed by atoms with Gasteiger partial charge in [-0.1, -0.05) is 78.9 Å². The molecule has 126 valence electrons. The molecule has 5 rings (SSSR count). The second-order valence-electron chi connectivity index (χ2n) is 6.78. The van der Waals surface area contributed by atoms with Gasteiger partial charge in [0.25, 0.3) is 0 Å². The van der Waals surface area contributed by atoms with Gasteiger partial charge in [0.1, 0.15) is 5.76 Å². The summed E-state index contributed by atoms with van der Waals surface area (Å²) in [5.41, 5.74) is 2.84. The van der Waals surface area contributed by atoms with Gasteiger partial charge in [-0.3, -0.25) is 4.99 Å². The van der Waals surface area contributed by atoms with Gasteiger partial charge in [-0.05, 0) is 18.2 Å². The van der Waals surface area contributed by atoms with Crippen molar-refractivity contribution < 1.29 is 4.74 Å². The van der Waals surface area contributed by atoms with E-state index in [-0.39, 0.29) is 12.0 Å². The van der Waals surface area contributed by atoms with Crippen LogP contribution in [0.5, 0.6) is 0 Å². The topological polar surface area (TPSA) is 21.6 Å². The minimum Gasteiger partial charge on any atom is -0.473 e. The lowest BCUT2D eigenvalue weighted by atomic mass is 9.79. The van der Waals surface area contributed by atoms with Gasteiger partial charge < -0.3 is 4.74 Å². The van der Waals surface area contributed by atoms with Crippen molar-refractivity contribution in [3.05, 3.63) is 120 Å². The summed E-state index contributed by atoms with van der Waals surface area (Å²) in [6.45, 7) is 0. The molecule has 2 atom stereocenters.